The van der Waals surface area contributed by atoms with E-state index in [1.54, 1.807) is 0 Å². The van der Waals surface area contributed by atoms with E-state index in [4.69, 9.17) is 0 Å². The Morgan fingerprint density at radius 3 is 0.517 bits per heavy atom. The summed E-state index contributed by atoms with van der Waals surface area (Å²) in [7, 11) is 0. The Kier molecular flexibility index (Phi) is 8.53. The van der Waals surface area contributed by atoms with E-state index in [0.717, 1.165) is 23.7 Å². The second-order valence-corrected chi connectivity index (χ2v) is 11.6. The molecular weight excluding hydrogens is 391 g/mol. The van der Waals surface area contributed by atoms with Crippen molar-refractivity contribution in [3.63, 3.8) is 0 Å². The molecule has 8 saturated carbocycles. The maximum Gasteiger partial charge on any atom is 0 e. The molecule has 0 saturated heterocycles. The van der Waals surface area contributed by atoms with Crippen LogP contribution in [0.25, 0.3) is 0 Å². The summed E-state index contributed by atoms with van der Waals surface area (Å²) in [5.74, 6) is 12.0. The fourth-order valence-electron chi connectivity index (χ4n) is 7.61. The van der Waals surface area contributed by atoms with Crippen molar-refractivity contribution in [1.82, 2.24) is 0 Å². The zero-order chi connectivity index (χ0) is 18.8. The van der Waals surface area contributed by atoms with Crippen molar-refractivity contribution in [2.75, 3.05) is 0 Å². The molecule has 0 atom stereocenters. The van der Waals surface area contributed by atoms with Crippen LogP contribution in [-0.4, -0.2) is 0 Å². The smallest absolute Gasteiger partial charge is 0 e. The summed E-state index contributed by atoms with van der Waals surface area (Å²) >= 11 is 0. The van der Waals surface area contributed by atoms with E-state index >= 15 is 0 Å². The molecule has 0 aromatic heterocycles. The van der Waals surface area contributed by atoms with E-state index in [1.807, 2.05) is 23.7 Å². The molecule has 8 bridgehead atoms. The van der Waals surface area contributed by atoms with Crippen molar-refractivity contribution in [3.05, 3.63) is 23.7 Å². The summed E-state index contributed by atoms with van der Waals surface area (Å²) < 4.78 is 0. The predicted octanol–water partition coefficient (Wildman–Crippen LogP) is 8.62. The van der Waals surface area contributed by atoms with E-state index in [-0.39, 0.29) is 17.1 Å². The van der Waals surface area contributed by atoms with Gasteiger partial charge in [0.15, 0.2) is 0 Å². The second kappa shape index (κ2) is 10.9. The van der Waals surface area contributed by atoms with Crippen LogP contribution in [0.15, 0.2) is 0 Å². The molecule has 0 N–H and O–H groups in total. The van der Waals surface area contributed by atoms with Crippen LogP contribution in [0.3, 0.4) is 0 Å². The molecule has 0 aromatic rings. The molecule has 29 heavy (non-hydrogen) atoms. The first-order chi connectivity index (χ1) is 13.8. The molecule has 0 aliphatic heterocycles. The number of rotatable bonds is 0. The third kappa shape index (κ3) is 6.28. The summed E-state index contributed by atoms with van der Waals surface area (Å²) in [6.07, 6.45) is 30.0. The molecule has 8 fully saturated rings. The normalized spacial score (nSPS) is 31.4. The van der Waals surface area contributed by atoms with Crippen LogP contribution in [-0.2, 0) is 17.1 Å². The molecule has 0 aromatic carbocycles. The van der Waals surface area contributed by atoms with Crippen molar-refractivity contribution in [3.8, 4) is 0 Å². The largest absolute Gasteiger partial charge is 0.0499 e. The summed E-state index contributed by atoms with van der Waals surface area (Å²) in [6.45, 7) is 0. The van der Waals surface area contributed by atoms with Gasteiger partial charge in [-0.3, -0.25) is 0 Å². The van der Waals surface area contributed by atoms with Crippen molar-refractivity contribution in [2.45, 2.75) is 128 Å². The molecule has 0 spiro atoms. The Balaban J connectivity index is 0.0000000931. The van der Waals surface area contributed by atoms with Crippen molar-refractivity contribution in [2.24, 2.45) is 23.7 Å². The van der Waals surface area contributed by atoms with Gasteiger partial charge in [-0.2, -0.15) is 0 Å². The number of hydrogen-bond donors (Lipinski definition) is 0. The minimum absolute atomic E-state index is 0. The van der Waals surface area contributed by atoms with Crippen molar-refractivity contribution >= 4 is 0 Å². The molecule has 5 radical (unpaired) electrons. The maximum absolute atomic E-state index is 1.87. The van der Waals surface area contributed by atoms with Crippen LogP contribution < -0.4 is 0 Å². The van der Waals surface area contributed by atoms with E-state index < -0.39 is 0 Å². The molecular formula is C28H44Mn. The number of fused-ring (bicyclic) bond motifs is 8. The topological polar surface area (TPSA) is 0 Å². The van der Waals surface area contributed by atoms with E-state index in [1.165, 1.54) is 128 Å². The maximum atomic E-state index is 1.87. The van der Waals surface area contributed by atoms with Crippen LogP contribution >= 0.6 is 0 Å². The van der Waals surface area contributed by atoms with Gasteiger partial charge in [-0.25, -0.2) is 0 Å². The quantitative estimate of drug-likeness (QED) is 0.334. The molecule has 0 heterocycles. The van der Waals surface area contributed by atoms with Crippen LogP contribution in [0, 0.1) is 47.3 Å². The first-order valence-corrected chi connectivity index (χ1v) is 13.1. The third-order valence-corrected chi connectivity index (χ3v) is 9.56. The summed E-state index contributed by atoms with van der Waals surface area (Å²) in [4.78, 5) is 0. The van der Waals surface area contributed by atoms with Gasteiger partial charge >= 0.3 is 0 Å². The van der Waals surface area contributed by atoms with Crippen LogP contribution in [0.5, 0.6) is 0 Å². The van der Waals surface area contributed by atoms with Crippen LogP contribution in [0.4, 0.5) is 0 Å². The van der Waals surface area contributed by atoms with E-state index in [0.29, 0.717) is 0 Å². The van der Waals surface area contributed by atoms with Crippen molar-refractivity contribution in [1.29, 1.82) is 0 Å². The third-order valence-electron chi connectivity index (χ3n) is 9.56. The average molecular weight is 436 g/mol. The van der Waals surface area contributed by atoms with Crippen LogP contribution in [0.2, 0.25) is 0 Å². The fraction of sp³-hybridized carbons (Fsp3) is 0.857. The Morgan fingerprint density at radius 2 is 0.483 bits per heavy atom. The Labute approximate surface area is 192 Å². The number of hydrogen-bond acceptors (Lipinski definition) is 0. The Bertz CT molecular complexity index is 327. The minimum Gasteiger partial charge on any atom is -0.0499 e. The van der Waals surface area contributed by atoms with Gasteiger partial charge in [0.05, 0.1) is 0 Å². The second-order valence-electron chi connectivity index (χ2n) is 11.6. The fourth-order valence-corrected chi connectivity index (χ4v) is 7.61. The molecule has 0 amide bonds. The predicted molar refractivity (Wildman–Crippen MR) is 119 cm³/mol. The molecule has 8 rings (SSSR count). The Hall–Kier alpha value is 0.519. The SMILES string of the molecule is C1CC2CC[C]1C2.C1CC2CC[C]1C2.C1CC2CC[C]1C2.C1CC2CC[C]1C2.[Mn]. The van der Waals surface area contributed by atoms with Gasteiger partial charge in [0.1, 0.15) is 0 Å². The summed E-state index contributed by atoms with van der Waals surface area (Å²) in [5, 5.41) is 0. The molecule has 8 aliphatic rings. The van der Waals surface area contributed by atoms with Gasteiger partial charge in [-0.15, -0.1) is 0 Å². The molecule has 0 nitrogen and oxygen atoms in total. The summed E-state index contributed by atoms with van der Waals surface area (Å²) in [5.41, 5.74) is 0. The van der Waals surface area contributed by atoms with Crippen molar-refractivity contribution < 1.29 is 17.1 Å². The molecule has 163 valence electrons. The minimum atomic E-state index is 0. The van der Waals surface area contributed by atoms with Gasteiger partial charge in [0.2, 0.25) is 0 Å². The standard InChI is InChI=1S/4C7H11.Mn/c4*1-2-7-4-3-6(1)5-7;/h4*6H,1-5H2;. The van der Waals surface area contributed by atoms with Gasteiger partial charge in [0, 0.05) is 17.1 Å². The first kappa shape index (κ1) is 22.7. The van der Waals surface area contributed by atoms with Gasteiger partial charge in [-0.05, 0) is 176 Å². The van der Waals surface area contributed by atoms with E-state index in [9.17, 15) is 0 Å². The first-order valence-electron chi connectivity index (χ1n) is 13.1. The van der Waals surface area contributed by atoms with Crippen LogP contribution in [0.1, 0.15) is 128 Å². The Morgan fingerprint density at radius 1 is 0.310 bits per heavy atom. The van der Waals surface area contributed by atoms with Gasteiger partial charge in [0.25, 0.3) is 0 Å². The van der Waals surface area contributed by atoms with E-state index in [2.05, 4.69) is 0 Å². The van der Waals surface area contributed by atoms with Gasteiger partial charge < -0.3 is 0 Å². The zero-order valence-corrected chi connectivity index (χ0v) is 20.0. The monoisotopic (exact) mass is 435 g/mol. The molecule has 8 aliphatic carbocycles. The molecule has 0 unspecified atom stereocenters. The molecule has 1 heteroatoms. The zero-order valence-electron chi connectivity index (χ0n) is 18.8. The summed E-state index contributed by atoms with van der Waals surface area (Å²) in [6, 6.07) is 0. The van der Waals surface area contributed by atoms with Gasteiger partial charge in [-0.1, -0.05) is 0 Å². The average Bonchev–Trinajstić information content (AvgIpc) is 3.63.